The average Bonchev–Trinajstić information content (AvgIpc) is 2.97. The lowest BCUT2D eigenvalue weighted by Crippen LogP contribution is -2.27. The molecule has 1 aliphatic rings. The molecule has 2 aromatic heterocycles. The van der Waals surface area contributed by atoms with E-state index in [1.807, 2.05) is 30.1 Å². The number of aromatic nitrogens is 3. The van der Waals surface area contributed by atoms with Crippen LogP contribution in [0, 0.1) is 4.77 Å². The largest absolute Gasteiger partial charge is 0.329 e. The summed E-state index contributed by atoms with van der Waals surface area (Å²) in [6, 6.07) is 3.98. The van der Waals surface area contributed by atoms with Crippen LogP contribution in [0.2, 0.25) is 0 Å². The Morgan fingerprint density at radius 3 is 3.00 bits per heavy atom. The van der Waals surface area contributed by atoms with Crippen LogP contribution < -0.4 is 0 Å². The van der Waals surface area contributed by atoms with Gasteiger partial charge in [0.2, 0.25) is 0 Å². The second-order valence-corrected chi connectivity index (χ2v) is 6.65. The first kappa shape index (κ1) is 12.2. The molecule has 0 bridgehead atoms. The predicted octanol–water partition coefficient (Wildman–Crippen LogP) is 3.77. The second-order valence-electron chi connectivity index (χ2n) is 4.99. The van der Waals surface area contributed by atoms with E-state index in [0.29, 0.717) is 4.75 Å². The van der Waals surface area contributed by atoms with E-state index in [2.05, 4.69) is 20.8 Å². The molecule has 2 aromatic rings. The van der Waals surface area contributed by atoms with Gasteiger partial charge < -0.3 is 9.55 Å². The topological polar surface area (TPSA) is 33.6 Å². The van der Waals surface area contributed by atoms with Crippen molar-refractivity contribution in [1.29, 1.82) is 0 Å². The number of H-pyrrole nitrogens is 1. The van der Waals surface area contributed by atoms with Crippen molar-refractivity contribution in [2.45, 2.75) is 37.0 Å². The summed E-state index contributed by atoms with van der Waals surface area (Å²) in [4.78, 5) is 7.71. The summed E-state index contributed by atoms with van der Waals surface area (Å²) in [6.07, 6.45) is 9.30. The van der Waals surface area contributed by atoms with Gasteiger partial charge in [-0.2, -0.15) is 11.8 Å². The fourth-order valence-corrected chi connectivity index (χ4v) is 4.09. The normalized spacial score (nSPS) is 18.5. The Labute approximate surface area is 116 Å². The van der Waals surface area contributed by atoms with E-state index in [-0.39, 0.29) is 0 Å². The summed E-state index contributed by atoms with van der Waals surface area (Å²) < 4.78 is 3.32. The fourth-order valence-electron chi connectivity index (χ4n) is 2.87. The first-order valence-electron chi connectivity index (χ1n) is 6.33. The lowest BCUT2D eigenvalue weighted by molar-refractivity contribution is 0.508. The number of hydrogen-bond acceptors (Lipinski definition) is 3. The third-order valence-electron chi connectivity index (χ3n) is 3.92. The summed E-state index contributed by atoms with van der Waals surface area (Å²) in [6.45, 7) is 0.976. The first-order valence-corrected chi connectivity index (χ1v) is 7.96. The predicted molar refractivity (Wildman–Crippen MR) is 79.6 cm³/mol. The molecule has 96 valence electrons. The average molecular weight is 279 g/mol. The van der Waals surface area contributed by atoms with Crippen molar-refractivity contribution < 1.29 is 0 Å². The highest BCUT2D eigenvalue weighted by atomic mass is 32.2. The molecule has 0 radical (unpaired) electrons. The van der Waals surface area contributed by atoms with Crippen molar-refractivity contribution in [1.82, 2.24) is 14.5 Å². The molecule has 3 nitrogen and oxygen atoms in total. The molecular formula is C13H17N3S2. The van der Waals surface area contributed by atoms with E-state index in [9.17, 15) is 0 Å². The van der Waals surface area contributed by atoms with Crippen molar-refractivity contribution in [3.8, 4) is 0 Å². The summed E-state index contributed by atoms with van der Waals surface area (Å²) in [5, 5.41) is 0. The molecule has 0 aliphatic heterocycles. The SMILES string of the molecule is CSC1(Cn2c(=S)[nH]c3cccnc32)CCCC1. The van der Waals surface area contributed by atoms with Crippen LogP contribution in [0.3, 0.4) is 0 Å². The van der Waals surface area contributed by atoms with E-state index in [1.165, 1.54) is 25.7 Å². The number of pyridine rings is 1. The Hall–Kier alpha value is -0.810. The number of hydrogen-bond donors (Lipinski definition) is 1. The molecule has 18 heavy (non-hydrogen) atoms. The van der Waals surface area contributed by atoms with E-state index in [1.54, 1.807) is 0 Å². The van der Waals surface area contributed by atoms with Crippen LogP contribution in [0.4, 0.5) is 0 Å². The molecule has 0 amide bonds. The third kappa shape index (κ3) is 1.99. The molecule has 3 rings (SSSR count). The van der Waals surface area contributed by atoms with Gasteiger partial charge in [0.25, 0.3) is 0 Å². The molecule has 1 N–H and O–H groups in total. The van der Waals surface area contributed by atoms with Crippen molar-refractivity contribution in [3.63, 3.8) is 0 Å². The minimum Gasteiger partial charge on any atom is -0.329 e. The van der Waals surface area contributed by atoms with Gasteiger partial charge in [0.15, 0.2) is 10.4 Å². The first-order chi connectivity index (χ1) is 8.74. The van der Waals surface area contributed by atoms with Crippen LogP contribution in [0.5, 0.6) is 0 Å². The molecule has 0 saturated heterocycles. The van der Waals surface area contributed by atoms with Crippen molar-refractivity contribution in [3.05, 3.63) is 23.1 Å². The van der Waals surface area contributed by atoms with Crippen LogP contribution in [0.25, 0.3) is 11.2 Å². The monoisotopic (exact) mass is 279 g/mol. The highest BCUT2D eigenvalue weighted by Gasteiger charge is 2.34. The maximum Gasteiger partial charge on any atom is 0.179 e. The molecule has 0 aromatic carbocycles. The highest BCUT2D eigenvalue weighted by Crippen LogP contribution is 2.41. The molecular weight excluding hydrogens is 262 g/mol. The van der Waals surface area contributed by atoms with Crippen LogP contribution in [-0.4, -0.2) is 25.5 Å². The Kier molecular flexibility index (Phi) is 3.20. The summed E-state index contributed by atoms with van der Waals surface area (Å²) in [7, 11) is 0. The molecule has 2 heterocycles. The smallest absolute Gasteiger partial charge is 0.179 e. The molecule has 1 fully saturated rings. The minimum atomic E-state index is 0.352. The van der Waals surface area contributed by atoms with Gasteiger partial charge in [0.05, 0.1) is 5.52 Å². The number of thioether (sulfide) groups is 1. The standard InChI is InChI=1S/C13H17N3S2/c1-18-13(6-2-3-7-13)9-16-11-10(15-12(16)17)5-4-8-14-11/h4-5,8H,2-3,6-7,9H2,1H3,(H,15,17). The lowest BCUT2D eigenvalue weighted by atomic mass is 10.1. The van der Waals surface area contributed by atoms with E-state index < -0.39 is 0 Å². The van der Waals surface area contributed by atoms with Crippen molar-refractivity contribution >= 4 is 35.1 Å². The fraction of sp³-hybridized carbons (Fsp3) is 0.538. The third-order valence-corrected chi connectivity index (χ3v) is 5.65. The molecule has 0 unspecified atom stereocenters. The number of rotatable bonds is 3. The van der Waals surface area contributed by atoms with Crippen LogP contribution >= 0.6 is 24.0 Å². The number of aromatic amines is 1. The minimum absolute atomic E-state index is 0.352. The summed E-state index contributed by atoms with van der Waals surface area (Å²) in [5.41, 5.74) is 2.03. The van der Waals surface area contributed by atoms with Crippen molar-refractivity contribution in [2.75, 3.05) is 6.26 Å². The molecule has 1 aliphatic carbocycles. The number of nitrogens with zero attached hydrogens (tertiary/aromatic N) is 2. The van der Waals surface area contributed by atoms with Gasteiger partial charge in [-0.25, -0.2) is 4.98 Å². The number of fused-ring (bicyclic) bond motifs is 1. The Balaban J connectivity index is 2.04. The maximum atomic E-state index is 5.44. The van der Waals surface area contributed by atoms with Gasteiger partial charge in [-0.1, -0.05) is 12.8 Å². The van der Waals surface area contributed by atoms with Gasteiger partial charge in [0.1, 0.15) is 0 Å². The second kappa shape index (κ2) is 4.70. The van der Waals surface area contributed by atoms with Gasteiger partial charge in [-0.05, 0) is 43.4 Å². The quantitative estimate of drug-likeness (QED) is 0.868. The van der Waals surface area contributed by atoms with E-state index >= 15 is 0 Å². The van der Waals surface area contributed by atoms with Crippen LogP contribution in [0.15, 0.2) is 18.3 Å². The molecule has 1 saturated carbocycles. The van der Waals surface area contributed by atoms with Gasteiger partial charge in [-0.3, -0.25) is 0 Å². The molecule has 0 atom stereocenters. The number of nitrogens with one attached hydrogen (secondary N) is 1. The zero-order chi connectivity index (χ0) is 12.6. The molecule has 0 spiro atoms. The Morgan fingerprint density at radius 2 is 2.28 bits per heavy atom. The van der Waals surface area contributed by atoms with Gasteiger partial charge >= 0.3 is 0 Å². The zero-order valence-corrected chi connectivity index (χ0v) is 12.1. The van der Waals surface area contributed by atoms with Crippen LogP contribution in [0.1, 0.15) is 25.7 Å². The van der Waals surface area contributed by atoms with Gasteiger partial charge in [-0.15, -0.1) is 0 Å². The maximum absolute atomic E-state index is 5.44. The lowest BCUT2D eigenvalue weighted by Gasteiger charge is -2.27. The van der Waals surface area contributed by atoms with Gasteiger partial charge in [0, 0.05) is 17.5 Å². The Morgan fingerprint density at radius 1 is 1.50 bits per heavy atom. The molecule has 5 heteroatoms. The highest BCUT2D eigenvalue weighted by molar-refractivity contribution is 8.00. The number of imidazole rings is 1. The van der Waals surface area contributed by atoms with E-state index in [0.717, 1.165) is 22.5 Å². The van der Waals surface area contributed by atoms with Crippen molar-refractivity contribution in [2.24, 2.45) is 0 Å². The summed E-state index contributed by atoms with van der Waals surface area (Å²) in [5.74, 6) is 0. The zero-order valence-electron chi connectivity index (χ0n) is 10.5. The van der Waals surface area contributed by atoms with Crippen LogP contribution in [-0.2, 0) is 6.54 Å². The summed E-state index contributed by atoms with van der Waals surface area (Å²) >= 11 is 7.43. The van der Waals surface area contributed by atoms with E-state index in [4.69, 9.17) is 12.2 Å². The Bertz CT molecular complexity index is 608.